The number of azo groups is 1. The van der Waals surface area contributed by atoms with Gasteiger partial charge in [-0.25, -0.2) is 9.78 Å². The summed E-state index contributed by atoms with van der Waals surface area (Å²) in [4.78, 5) is 35.9. The molecule has 7 rings (SSSR count). The summed E-state index contributed by atoms with van der Waals surface area (Å²) in [6.07, 6.45) is 6.72. The van der Waals surface area contributed by atoms with Crippen LogP contribution in [-0.4, -0.2) is 36.4 Å². The number of hydrogen-bond donors (Lipinski definition) is 0. The monoisotopic (exact) mass is 662 g/mol. The molecule has 1 aliphatic carbocycles. The maximum Gasteiger partial charge on any atom is 0.340 e. The van der Waals surface area contributed by atoms with Crippen molar-refractivity contribution in [3.8, 4) is 11.5 Å². The Hall–Kier alpha value is -4.67. The summed E-state index contributed by atoms with van der Waals surface area (Å²) in [5.41, 5.74) is 3.90. The Labute approximate surface area is 281 Å². The maximum atomic E-state index is 13.7. The Morgan fingerprint density at radius 3 is 2.49 bits per heavy atom. The maximum absolute atomic E-state index is 13.7. The molecule has 238 valence electrons. The van der Waals surface area contributed by atoms with Crippen LogP contribution in [0.5, 0.6) is 11.5 Å². The van der Waals surface area contributed by atoms with Crippen LogP contribution in [0.25, 0.3) is 15.6 Å². The van der Waals surface area contributed by atoms with E-state index < -0.39 is 11.9 Å². The van der Waals surface area contributed by atoms with Crippen molar-refractivity contribution in [3.63, 3.8) is 0 Å². The number of hydrogen-bond acceptors (Lipinski definition) is 10. The summed E-state index contributed by atoms with van der Waals surface area (Å²) < 4.78 is 12.5. The molecule has 0 amide bonds. The van der Waals surface area contributed by atoms with Crippen molar-refractivity contribution in [1.29, 1.82) is 0 Å². The van der Waals surface area contributed by atoms with Crippen LogP contribution in [0.2, 0.25) is 0 Å². The number of rotatable bonds is 11. The van der Waals surface area contributed by atoms with Gasteiger partial charge in [-0.05, 0) is 91.9 Å². The van der Waals surface area contributed by atoms with Crippen molar-refractivity contribution in [1.82, 2.24) is 4.98 Å². The van der Waals surface area contributed by atoms with E-state index in [1.807, 2.05) is 42.5 Å². The molecular weight excluding hydrogens is 629 g/mol. The number of unbranched alkanes of at least 4 members (excludes halogenated alkanes) is 1. The Bertz CT molecular complexity index is 1920. The summed E-state index contributed by atoms with van der Waals surface area (Å²) in [7, 11) is 0. The van der Waals surface area contributed by atoms with Crippen LogP contribution in [0.15, 0.2) is 94.7 Å². The van der Waals surface area contributed by atoms with Gasteiger partial charge in [0.1, 0.15) is 16.3 Å². The number of anilines is 1. The molecule has 8 nitrogen and oxygen atoms in total. The molecule has 1 aliphatic heterocycles. The average Bonchev–Trinajstić information content (AvgIpc) is 3.89. The number of nitrogens with zero attached hydrogens (tertiary/aromatic N) is 4. The second kappa shape index (κ2) is 14.0. The number of carbonyl (C=O) groups excluding carboxylic acids is 2. The lowest BCUT2D eigenvalue weighted by atomic mass is 9.94. The lowest BCUT2D eigenvalue weighted by Gasteiger charge is -2.17. The molecule has 0 N–H and O–H groups in total. The van der Waals surface area contributed by atoms with E-state index in [0.717, 1.165) is 57.3 Å². The fraction of sp³-hybridized carbons (Fsp3) is 0.270. The van der Waals surface area contributed by atoms with Gasteiger partial charge in [-0.3, -0.25) is 4.79 Å². The van der Waals surface area contributed by atoms with Gasteiger partial charge in [0.2, 0.25) is 5.13 Å². The van der Waals surface area contributed by atoms with Gasteiger partial charge < -0.3 is 14.4 Å². The molecule has 2 aromatic heterocycles. The summed E-state index contributed by atoms with van der Waals surface area (Å²) in [5, 5.41) is 9.35. The Morgan fingerprint density at radius 2 is 1.74 bits per heavy atom. The third-order valence-corrected chi connectivity index (χ3v) is 10.4. The molecule has 0 bridgehead atoms. The number of fused-ring (bicyclic) bond motifs is 2. The van der Waals surface area contributed by atoms with Crippen LogP contribution in [0.3, 0.4) is 0 Å². The van der Waals surface area contributed by atoms with Gasteiger partial charge in [-0.15, -0.1) is 21.6 Å². The highest BCUT2D eigenvalue weighted by molar-refractivity contribution is 7.29. The molecule has 0 saturated carbocycles. The van der Waals surface area contributed by atoms with Crippen molar-refractivity contribution in [2.75, 3.05) is 24.6 Å². The second-order valence-corrected chi connectivity index (χ2v) is 13.7. The summed E-state index contributed by atoms with van der Waals surface area (Å²) in [6, 6.07) is 24.6. The van der Waals surface area contributed by atoms with Crippen LogP contribution >= 0.6 is 22.7 Å². The molecule has 1 saturated heterocycles. The van der Waals surface area contributed by atoms with Gasteiger partial charge in [0.05, 0.1) is 28.5 Å². The summed E-state index contributed by atoms with van der Waals surface area (Å²) >= 11 is 2.88. The number of ketones is 1. The van der Waals surface area contributed by atoms with Crippen LogP contribution in [0.4, 0.5) is 16.5 Å². The number of benzene rings is 3. The Morgan fingerprint density at radius 1 is 0.979 bits per heavy atom. The predicted octanol–water partition coefficient (Wildman–Crippen LogP) is 9.60. The molecule has 0 radical (unpaired) electrons. The van der Waals surface area contributed by atoms with E-state index in [4.69, 9.17) is 9.47 Å². The predicted molar refractivity (Wildman–Crippen MR) is 188 cm³/mol. The topological polar surface area (TPSA) is 93.4 Å². The van der Waals surface area contributed by atoms with E-state index in [0.29, 0.717) is 35.0 Å². The highest BCUT2D eigenvalue weighted by Crippen LogP contribution is 2.38. The molecule has 3 aromatic carbocycles. The van der Waals surface area contributed by atoms with Crippen LogP contribution < -0.4 is 14.4 Å². The standard InChI is InChI=1S/C37H34N4O4S2/c1-2-3-20-44-27-14-16-28(17-15-27)45-36(43)32(31-21-24-8-4-5-9-30(24)34(31)42)22-29-23-33-35(46-29)38-37(47-33)40-39-25-10-12-26(13-11-25)41-18-6-7-19-41/h4-5,8-17,22-23,31H,2-3,6-7,18-21H2,1H3/b32-22+,40-39+. The van der Waals surface area contributed by atoms with Crippen molar-refractivity contribution in [2.24, 2.45) is 16.1 Å². The van der Waals surface area contributed by atoms with Gasteiger partial charge >= 0.3 is 5.97 Å². The van der Waals surface area contributed by atoms with Gasteiger partial charge in [0.25, 0.3) is 0 Å². The molecular formula is C37H34N4O4S2. The number of carbonyl (C=O) groups is 2. The molecule has 10 heteroatoms. The molecule has 2 aliphatic rings. The fourth-order valence-electron chi connectivity index (χ4n) is 5.91. The zero-order chi connectivity index (χ0) is 32.2. The number of thiophene rings is 1. The van der Waals surface area contributed by atoms with Gasteiger partial charge in [-0.1, -0.05) is 48.9 Å². The van der Waals surface area contributed by atoms with E-state index in [1.54, 1.807) is 30.3 Å². The first-order chi connectivity index (χ1) is 23.0. The molecule has 1 atom stereocenters. The van der Waals surface area contributed by atoms with Crippen molar-refractivity contribution in [3.05, 3.63) is 100 Å². The Kier molecular flexibility index (Phi) is 9.21. The van der Waals surface area contributed by atoms with Crippen molar-refractivity contribution >= 4 is 66.5 Å². The van der Waals surface area contributed by atoms with Gasteiger partial charge in [-0.2, -0.15) is 0 Å². The van der Waals surface area contributed by atoms with Gasteiger partial charge in [0.15, 0.2) is 5.78 Å². The second-order valence-electron chi connectivity index (χ2n) is 11.7. The van der Waals surface area contributed by atoms with E-state index in [9.17, 15) is 9.59 Å². The normalized spacial score (nSPS) is 16.4. The van der Waals surface area contributed by atoms with Gasteiger partial charge in [0, 0.05) is 29.2 Å². The minimum Gasteiger partial charge on any atom is -0.494 e. The fourth-order valence-corrected chi connectivity index (χ4v) is 7.90. The molecule has 3 heterocycles. The highest BCUT2D eigenvalue weighted by Gasteiger charge is 2.36. The Balaban J connectivity index is 1.10. The third-order valence-electron chi connectivity index (χ3n) is 8.40. The molecule has 0 spiro atoms. The average molecular weight is 663 g/mol. The van der Waals surface area contributed by atoms with E-state index in [1.165, 1.54) is 41.2 Å². The van der Waals surface area contributed by atoms with E-state index in [-0.39, 0.29) is 5.78 Å². The van der Waals surface area contributed by atoms with Crippen LogP contribution in [0.1, 0.15) is 53.4 Å². The number of esters is 1. The van der Waals surface area contributed by atoms with Crippen LogP contribution in [-0.2, 0) is 11.2 Å². The number of thiazole rings is 1. The number of Topliss-reactive ketones (excluding diaryl/α,β-unsaturated/α-hetero) is 1. The van der Waals surface area contributed by atoms with Crippen molar-refractivity contribution in [2.45, 2.75) is 39.0 Å². The smallest absolute Gasteiger partial charge is 0.340 e. The minimum atomic E-state index is -0.633. The highest BCUT2D eigenvalue weighted by atomic mass is 32.1. The zero-order valence-electron chi connectivity index (χ0n) is 26.1. The molecule has 1 unspecified atom stereocenters. The van der Waals surface area contributed by atoms with Crippen molar-refractivity contribution < 1.29 is 19.1 Å². The first-order valence-corrected chi connectivity index (χ1v) is 17.6. The van der Waals surface area contributed by atoms with Crippen LogP contribution in [0, 0.1) is 5.92 Å². The molecule has 1 fully saturated rings. The quantitative estimate of drug-likeness (QED) is 0.0460. The van der Waals surface area contributed by atoms with E-state index >= 15 is 0 Å². The lowest BCUT2D eigenvalue weighted by Crippen LogP contribution is -2.22. The minimum absolute atomic E-state index is 0.0730. The van der Waals surface area contributed by atoms with E-state index in [2.05, 4.69) is 39.2 Å². The molecule has 47 heavy (non-hydrogen) atoms. The third kappa shape index (κ3) is 7.03. The SMILES string of the molecule is CCCCOc1ccc(OC(=O)/C(=C/c2cc3sc(/N=N/c4ccc(N5CCCC5)cc4)nc3s2)C2Cc3ccccc3C2=O)cc1. The molecule has 5 aromatic rings. The number of ether oxygens (including phenoxy) is 2. The first kappa shape index (κ1) is 31.0. The zero-order valence-corrected chi connectivity index (χ0v) is 27.7. The number of aromatic nitrogens is 1. The largest absolute Gasteiger partial charge is 0.494 e. The lowest BCUT2D eigenvalue weighted by molar-refractivity contribution is -0.130. The summed E-state index contributed by atoms with van der Waals surface area (Å²) in [5.74, 6) is -0.148. The first-order valence-electron chi connectivity index (χ1n) is 16.0. The summed E-state index contributed by atoms with van der Waals surface area (Å²) in [6.45, 7) is 4.95.